The molecule has 0 bridgehead atoms. The van der Waals surface area contributed by atoms with Gasteiger partial charge in [-0.15, -0.1) is 0 Å². The molecule has 1 N–H and O–H groups in total. The van der Waals surface area contributed by atoms with Gasteiger partial charge in [-0.25, -0.2) is 0 Å². The zero-order valence-electron chi connectivity index (χ0n) is 12.0. The molecule has 0 radical (unpaired) electrons. The van der Waals surface area contributed by atoms with Gasteiger partial charge in [-0.2, -0.15) is 0 Å². The summed E-state index contributed by atoms with van der Waals surface area (Å²) in [6.07, 6.45) is 2.47. The van der Waals surface area contributed by atoms with E-state index >= 15 is 0 Å². The molecular formula is C14H27N3O. The minimum atomic E-state index is 0.0476. The van der Waals surface area contributed by atoms with Crippen molar-refractivity contribution in [3.8, 4) is 0 Å². The zero-order valence-corrected chi connectivity index (χ0v) is 12.0. The molecule has 2 heterocycles. The molecule has 2 aliphatic rings. The van der Waals surface area contributed by atoms with Crippen LogP contribution in [0.1, 0.15) is 33.6 Å². The molecule has 0 aromatic rings. The first-order valence-corrected chi connectivity index (χ1v) is 7.43. The molecule has 0 saturated carbocycles. The second-order valence-electron chi connectivity index (χ2n) is 5.58. The molecule has 0 aliphatic carbocycles. The fourth-order valence-electron chi connectivity index (χ4n) is 3.38. The van der Waals surface area contributed by atoms with Gasteiger partial charge in [0.25, 0.3) is 0 Å². The summed E-state index contributed by atoms with van der Waals surface area (Å²) >= 11 is 0. The Balaban J connectivity index is 1.92. The molecule has 4 nitrogen and oxygen atoms in total. The topological polar surface area (TPSA) is 35.6 Å². The van der Waals surface area contributed by atoms with Crippen LogP contribution in [0.2, 0.25) is 0 Å². The third-order valence-electron chi connectivity index (χ3n) is 4.67. The molecule has 0 aromatic heterocycles. The number of amides is 1. The van der Waals surface area contributed by atoms with Crippen LogP contribution in [0.25, 0.3) is 0 Å². The summed E-state index contributed by atoms with van der Waals surface area (Å²) in [6.45, 7) is 11.1. The lowest BCUT2D eigenvalue weighted by Crippen LogP contribution is -2.53. The van der Waals surface area contributed by atoms with Gasteiger partial charge in [0, 0.05) is 32.2 Å². The molecule has 4 heteroatoms. The minimum Gasteiger partial charge on any atom is -0.342 e. The monoisotopic (exact) mass is 253 g/mol. The number of hydrogen-bond donors (Lipinski definition) is 1. The van der Waals surface area contributed by atoms with Crippen LogP contribution < -0.4 is 5.32 Å². The van der Waals surface area contributed by atoms with Gasteiger partial charge < -0.3 is 10.2 Å². The number of carbonyl (C=O) groups excluding carboxylic acids is 1. The second kappa shape index (κ2) is 6.02. The predicted molar refractivity (Wildman–Crippen MR) is 73.5 cm³/mol. The Hall–Kier alpha value is -0.610. The van der Waals surface area contributed by atoms with Crippen molar-refractivity contribution in [3.05, 3.63) is 0 Å². The van der Waals surface area contributed by atoms with E-state index in [0.717, 1.165) is 38.6 Å². The van der Waals surface area contributed by atoms with Gasteiger partial charge in [0.2, 0.25) is 5.91 Å². The lowest BCUT2D eigenvalue weighted by atomic mass is 9.92. The van der Waals surface area contributed by atoms with Crippen molar-refractivity contribution >= 4 is 5.91 Å². The Morgan fingerprint density at radius 3 is 2.78 bits per heavy atom. The molecule has 2 fully saturated rings. The molecule has 1 amide bonds. The summed E-state index contributed by atoms with van der Waals surface area (Å²) < 4.78 is 0. The standard InChI is InChI=1S/C14H27N3O/c1-4-16(5-2)14(18)11(3)17-9-7-13-12(10-17)6-8-15-13/h11-13,15H,4-10H2,1-3H3. The van der Waals surface area contributed by atoms with Crippen molar-refractivity contribution in [3.63, 3.8) is 0 Å². The van der Waals surface area contributed by atoms with E-state index in [0.29, 0.717) is 11.9 Å². The summed E-state index contributed by atoms with van der Waals surface area (Å²) in [5.74, 6) is 1.05. The second-order valence-corrected chi connectivity index (χ2v) is 5.58. The third kappa shape index (κ3) is 2.69. The summed E-state index contributed by atoms with van der Waals surface area (Å²) in [7, 11) is 0. The Morgan fingerprint density at radius 2 is 2.11 bits per heavy atom. The van der Waals surface area contributed by atoms with Crippen LogP contribution in [0.15, 0.2) is 0 Å². The predicted octanol–water partition coefficient (Wildman–Crippen LogP) is 0.927. The molecule has 3 unspecified atom stereocenters. The fourth-order valence-corrected chi connectivity index (χ4v) is 3.38. The number of hydrogen-bond acceptors (Lipinski definition) is 3. The molecule has 0 aromatic carbocycles. The molecule has 0 spiro atoms. The highest BCUT2D eigenvalue weighted by atomic mass is 16.2. The first-order valence-electron chi connectivity index (χ1n) is 7.43. The quantitative estimate of drug-likeness (QED) is 0.809. The van der Waals surface area contributed by atoms with Crippen molar-refractivity contribution in [1.29, 1.82) is 0 Å². The van der Waals surface area contributed by atoms with Gasteiger partial charge in [-0.05, 0) is 46.1 Å². The molecule has 18 heavy (non-hydrogen) atoms. The van der Waals surface area contributed by atoms with Gasteiger partial charge in [-0.3, -0.25) is 9.69 Å². The summed E-state index contributed by atoms with van der Waals surface area (Å²) in [6, 6.07) is 0.753. The van der Waals surface area contributed by atoms with Crippen LogP contribution >= 0.6 is 0 Å². The number of fused-ring (bicyclic) bond motifs is 1. The Labute approximate surface area is 111 Å². The van der Waals surface area contributed by atoms with E-state index in [1.54, 1.807) is 0 Å². The molecule has 2 aliphatic heterocycles. The number of likely N-dealkylation sites (tertiary alicyclic amines) is 1. The van der Waals surface area contributed by atoms with Crippen molar-refractivity contribution in [2.45, 2.75) is 45.7 Å². The smallest absolute Gasteiger partial charge is 0.239 e. The maximum absolute atomic E-state index is 12.4. The highest BCUT2D eigenvalue weighted by molar-refractivity contribution is 5.81. The van der Waals surface area contributed by atoms with E-state index in [1.807, 2.05) is 4.90 Å². The minimum absolute atomic E-state index is 0.0476. The van der Waals surface area contributed by atoms with Crippen molar-refractivity contribution < 1.29 is 4.79 Å². The number of piperidine rings is 1. The number of likely N-dealkylation sites (N-methyl/N-ethyl adjacent to an activating group) is 1. The average molecular weight is 253 g/mol. The molecule has 2 saturated heterocycles. The summed E-state index contributed by atoms with van der Waals surface area (Å²) in [5, 5.41) is 3.57. The van der Waals surface area contributed by atoms with Gasteiger partial charge in [-0.1, -0.05) is 0 Å². The largest absolute Gasteiger partial charge is 0.342 e. The van der Waals surface area contributed by atoms with Crippen molar-refractivity contribution in [1.82, 2.24) is 15.1 Å². The van der Waals surface area contributed by atoms with Crippen LogP contribution in [0, 0.1) is 5.92 Å². The SMILES string of the molecule is CCN(CC)C(=O)C(C)N1CCC2NCCC2C1. The van der Waals surface area contributed by atoms with E-state index in [-0.39, 0.29) is 6.04 Å². The molecular weight excluding hydrogens is 226 g/mol. The van der Waals surface area contributed by atoms with Crippen LogP contribution in [0.5, 0.6) is 0 Å². The van der Waals surface area contributed by atoms with Gasteiger partial charge in [0.15, 0.2) is 0 Å². The van der Waals surface area contributed by atoms with Gasteiger partial charge in [0.1, 0.15) is 0 Å². The summed E-state index contributed by atoms with van der Waals surface area (Å²) in [5.41, 5.74) is 0. The van der Waals surface area contributed by atoms with Crippen molar-refractivity contribution in [2.24, 2.45) is 5.92 Å². The van der Waals surface area contributed by atoms with Crippen molar-refractivity contribution in [2.75, 3.05) is 32.7 Å². The summed E-state index contributed by atoms with van der Waals surface area (Å²) in [4.78, 5) is 16.7. The van der Waals surface area contributed by atoms with E-state index in [9.17, 15) is 4.79 Å². The van der Waals surface area contributed by atoms with Crippen LogP contribution in [-0.2, 0) is 4.79 Å². The van der Waals surface area contributed by atoms with E-state index in [1.165, 1.54) is 12.8 Å². The maximum Gasteiger partial charge on any atom is 0.239 e. The lowest BCUT2D eigenvalue weighted by Gasteiger charge is -2.39. The highest BCUT2D eigenvalue weighted by Gasteiger charge is 2.36. The van der Waals surface area contributed by atoms with E-state index < -0.39 is 0 Å². The van der Waals surface area contributed by atoms with Crippen LogP contribution in [0.3, 0.4) is 0 Å². The lowest BCUT2D eigenvalue weighted by molar-refractivity contribution is -0.136. The molecule has 3 atom stereocenters. The first-order chi connectivity index (χ1) is 8.67. The van der Waals surface area contributed by atoms with E-state index in [4.69, 9.17) is 0 Å². The Kier molecular flexibility index (Phi) is 4.62. The van der Waals surface area contributed by atoms with Gasteiger partial charge >= 0.3 is 0 Å². The molecule has 2 rings (SSSR count). The van der Waals surface area contributed by atoms with Crippen LogP contribution in [-0.4, -0.2) is 60.5 Å². The number of nitrogens with zero attached hydrogens (tertiary/aromatic N) is 2. The number of carbonyl (C=O) groups is 1. The third-order valence-corrected chi connectivity index (χ3v) is 4.67. The zero-order chi connectivity index (χ0) is 13.1. The van der Waals surface area contributed by atoms with Crippen LogP contribution in [0.4, 0.5) is 0 Å². The molecule has 104 valence electrons. The van der Waals surface area contributed by atoms with E-state index in [2.05, 4.69) is 31.0 Å². The normalized spacial score (nSPS) is 29.9. The fraction of sp³-hybridized carbons (Fsp3) is 0.929. The van der Waals surface area contributed by atoms with Gasteiger partial charge in [0.05, 0.1) is 6.04 Å². The highest BCUT2D eigenvalue weighted by Crippen LogP contribution is 2.26. The Bertz CT molecular complexity index is 291. The Morgan fingerprint density at radius 1 is 1.39 bits per heavy atom. The maximum atomic E-state index is 12.4. The average Bonchev–Trinajstić information content (AvgIpc) is 2.86. The first kappa shape index (κ1) is 13.8. The number of nitrogens with one attached hydrogen (secondary N) is 1. The number of rotatable bonds is 4.